The third kappa shape index (κ3) is 3.05. The quantitative estimate of drug-likeness (QED) is 0.873. The van der Waals surface area contributed by atoms with Crippen molar-refractivity contribution >= 4 is 5.69 Å². The lowest BCUT2D eigenvalue weighted by Gasteiger charge is -2.34. The molecule has 1 N–H and O–H groups in total. The van der Waals surface area contributed by atoms with Crippen LogP contribution in [-0.2, 0) is 6.54 Å². The van der Waals surface area contributed by atoms with Gasteiger partial charge in [-0.3, -0.25) is 4.68 Å². The normalized spacial score (nSPS) is 22.0. The maximum Gasteiger partial charge on any atom is 0.0753 e. The highest BCUT2D eigenvalue weighted by molar-refractivity contribution is 5.42. The van der Waals surface area contributed by atoms with Crippen molar-refractivity contribution in [3.8, 4) is 0 Å². The summed E-state index contributed by atoms with van der Waals surface area (Å²) >= 11 is 0. The Morgan fingerprint density at radius 2 is 2.22 bits per heavy atom. The van der Waals surface area contributed by atoms with E-state index in [9.17, 15) is 0 Å². The van der Waals surface area contributed by atoms with Crippen LogP contribution in [0.5, 0.6) is 0 Å². The number of nitrogens with one attached hydrogen (secondary N) is 1. The van der Waals surface area contributed by atoms with Gasteiger partial charge in [0.25, 0.3) is 0 Å². The van der Waals surface area contributed by atoms with Crippen LogP contribution in [-0.4, -0.2) is 35.5 Å². The Morgan fingerprint density at radius 3 is 2.83 bits per heavy atom. The van der Waals surface area contributed by atoms with Crippen molar-refractivity contribution in [2.75, 3.05) is 24.5 Å². The summed E-state index contributed by atoms with van der Waals surface area (Å²) in [4.78, 5) is 2.47. The van der Waals surface area contributed by atoms with E-state index in [2.05, 4.69) is 49.2 Å². The smallest absolute Gasteiger partial charge is 0.0753 e. The highest BCUT2D eigenvalue weighted by atomic mass is 15.3. The monoisotopic (exact) mass is 250 g/mol. The highest BCUT2D eigenvalue weighted by Crippen LogP contribution is 2.24. The van der Waals surface area contributed by atoms with Crippen molar-refractivity contribution in [2.45, 2.75) is 46.7 Å². The molecule has 0 bridgehead atoms. The van der Waals surface area contributed by atoms with E-state index in [0.717, 1.165) is 26.2 Å². The lowest BCUT2D eigenvalue weighted by atomic mass is 9.86. The number of nitrogens with zero attached hydrogens (tertiary/aromatic N) is 3. The molecule has 1 aromatic heterocycles. The van der Waals surface area contributed by atoms with Crippen molar-refractivity contribution in [1.82, 2.24) is 15.1 Å². The first kappa shape index (κ1) is 13.4. The molecule has 0 radical (unpaired) electrons. The summed E-state index contributed by atoms with van der Waals surface area (Å²) in [6, 6.07) is 0.532. The van der Waals surface area contributed by atoms with Gasteiger partial charge in [-0.25, -0.2) is 0 Å². The molecule has 0 spiro atoms. The van der Waals surface area contributed by atoms with Crippen LogP contribution in [0.15, 0.2) is 12.4 Å². The van der Waals surface area contributed by atoms with Gasteiger partial charge in [-0.05, 0) is 25.3 Å². The van der Waals surface area contributed by atoms with Gasteiger partial charge >= 0.3 is 0 Å². The van der Waals surface area contributed by atoms with E-state index in [1.54, 1.807) is 0 Å². The van der Waals surface area contributed by atoms with E-state index in [1.807, 2.05) is 10.9 Å². The molecule has 0 saturated carbocycles. The van der Waals surface area contributed by atoms with Gasteiger partial charge in [-0.15, -0.1) is 0 Å². The molecule has 4 heteroatoms. The third-order valence-electron chi connectivity index (χ3n) is 3.75. The van der Waals surface area contributed by atoms with Crippen LogP contribution in [0.3, 0.4) is 0 Å². The minimum absolute atomic E-state index is 0.295. The van der Waals surface area contributed by atoms with E-state index >= 15 is 0 Å². The maximum atomic E-state index is 4.38. The van der Waals surface area contributed by atoms with Gasteiger partial charge in [-0.2, -0.15) is 5.10 Å². The molecular formula is C14H26N4. The van der Waals surface area contributed by atoms with Gasteiger partial charge in [-0.1, -0.05) is 20.8 Å². The molecule has 2 heterocycles. The molecule has 0 amide bonds. The van der Waals surface area contributed by atoms with Gasteiger partial charge < -0.3 is 10.2 Å². The molecule has 1 aromatic rings. The standard InChI is InChI=1S/C14H26N4/c1-5-18-10-12(9-16-18)17-8-6-7-15-13(11-17)14(2,3)4/h9-10,13,15H,5-8,11H2,1-4H3. The van der Waals surface area contributed by atoms with E-state index in [-0.39, 0.29) is 0 Å². The van der Waals surface area contributed by atoms with E-state index < -0.39 is 0 Å². The molecule has 2 rings (SSSR count). The lowest BCUT2D eigenvalue weighted by molar-refractivity contribution is 0.280. The molecule has 1 aliphatic rings. The van der Waals surface area contributed by atoms with Crippen LogP contribution >= 0.6 is 0 Å². The van der Waals surface area contributed by atoms with Crippen LogP contribution in [0.4, 0.5) is 5.69 Å². The Morgan fingerprint density at radius 1 is 1.44 bits per heavy atom. The fraction of sp³-hybridized carbons (Fsp3) is 0.786. The second-order valence-corrected chi connectivity index (χ2v) is 6.23. The largest absolute Gasteiger partial charge is 0.367 e. The van der Waals surface area contributed by atoms with Gasteiger partial charge in [0.1, 0.15) is 0 Å². The molecule has 1 atom stereocenters. The van der Waals surface area contributed by atoms with Crippen molar-refractivity contribution in [2.24, 2.45) is 5.41 Å². The Bertz CT molecular complexity index is 377. The van der Waals surface area contributed by atoms with Crippen LogP contribution in [0, 0.1) is 5.41 Å². The molecule has 0 aliphatic carbocycles. The van der Waals surface area contributed by atoms with Crippen LogP contribution in [0.25, 0.3) is 0 Å². The molecule has 1 fully saturated rings. The molecule has 1 aliphatic heterocycles. The van der Waals surface area contributed by atoms with Gasteiger partial charge in [0.2, 0.25) is 0 Å². The minimum atomic E-state index is 0.295. The third-order valence-corrected chi connectivity index (χ3v) is 3.75. The molecule has 102 valence electrons. The molecule has 1 unspecified atom stereocenters. The summed E-state index contributed by atoms with van der Waals surface area (Å²) in [5.74, 6) is 0. The number of anilines is 1. The van der Waals surface area contributed by atoms with Crippen molar-refractivity contribution < 1.29 is 0 Å². The second kappa shape index (κ2) is 5.31. The second-order valence-electron chi connectivity index (χ2n) is 6.23. The summed E-state index contributed by atoms with van der Waals surface area (Å²) in [6.07, 6.45) is 5.35. The molecule has 1 saturated heterocycles. The predicted octanol–water partition coefficient (Wildman–Crippen LogP) is 2.12. The average Bonchev–Trinajstić information content (AvgIpc) is 2.64. The van der Waals surface area contributed by atoms with Crippen molar-refractivity contribution in [1.29, 1.82) is 0 Å². The van der Waals surface area contributed by atoms with Crippen LogP contribution in [0.2, 0.25) is 0 Å². The van der Waals surface area contributed by atoms with Gasteiger partial charge in [0.15, 0.2) is 0 Å². The lowest BCUT2D eigenvalue weighted by Crippen LogP contribution is -2.46. The maximum absolute atomic E-state index is 4.38. The number of rotatable bonds is 2. The Labute approximate surface area is 110 Å². The highest BCUT2D eigenvalue weighted by Gasteiger charge is 2.28. The van der Waals surface area contributed by atoms with E-state index in [4.69, 9.17) is 0 Å². The Kier molecular flexibility index (Phi) is 3.95. The minimum Gasteiger partial charge on any atom is -0.367 e. The molecular weight excluding hydrogens is 224 g/mol. The fourth-order valence-corrected chi connectivity index (χ4v) is 2.43. The fourth-order valence-electron chi connectivity index (χ4n) is 2.43. The Balaban J connectivity index is 2.11. The predicted molar refractivity (Wildman–Crippen MR) is 76.0 cm³/mol. The van der Waals surface area contributed by atoms with Gasteiger partial charge in [0, 0.05) is 31.9 Å². The van der Waals surface area contributed by atoms with Crippen LogP contribution in [0.1, 0.15) is 34.1 Å². The molecule has 18 heavy (non-hydrogen) atoms. The average molecular weight is 250 g/mol. The summed E-state index contributed by atoms with van der Waals surface area (Å²) < 4.78 is 2.00. The molecule has 0 aromatic carbocycles. The topological polar surface area (TPSA) is 33.1 Å². The number of hydrogen-bond donors (Lipinski definition) is 1. The van der Waals surface area contributed by atoms with Crippen LogP contribution < -0.4 is 10.2 Å². The summed E-state index contributed by atoms with van der Waals surface area (Å²) in [5.41, 5.74) is 1.55. The zero-order chi connectivity index (χ0) is 13.2. The Hall–Kier alpha value is -1.03. The SMILES string of the molecule is CCn1cc(N2CCCNC(C(C)(C)C)C2)cn1. The number of aryl methyl sites for hydroxylation is 1. The molecule has 4 nitrogen and oxygen atoms in total. The summed E-state index contributed by atoms with van der Waals surface area (Å²) in [5, 5.41) is 8.06. The van der Waals surface area contributed by atoms with Gasteiger partial charge in [0.05, 0.1) is 11.9 Å². The van der Waals surface area contributed by atoms with Crippen molar-refractivity contribution in [3.63, 3.8) is 0 Å². The first-order valence-electron chi connectivity index (χ1n) is 7.01. The first-order chi connectivity index (χ1) is 8.50. The number of aromatic nitrogens is 2. The van der Waals surface area contributed by atoms with E-state index in [0.29, 0.717) is 11.5 Å². The first-order valence-corrected chi connectivity index (χ1v) is 7.01. The van der Waals surface area contributed by atoms with E-state index in [1.165, 1.54) is 12.1 Å². The zero-order valence-corrected chi connectivity index (χ0v) is 12.1. The summed E-state index contributed by atoms with van der Waals surface area (Å²) in [6.45, 7) is 13.3. The summed E-state index contributed by atoms with van der Waals surface area (Å²) in [7, 11) is 0. The van der Waals surface area contributed by atoms with Crippen molar-refractivity contribution in [3.05, 3.63) is 12.4 Å². The number of hydrogen-bond acceptors (Lipinski definition) is 3. The zero-order valence-electron chi connectivity index (χ0n) is 12.1.